The van der Waals surface area contributed by atoms with Gasteiger partial charge in [-0.3, -0.25) is 4.79 Å². The van der Waals surface area contributed by atoms with Crippen LogP contribution >= 0.6 is 0 Å². The van der Waals surface area contributed by atoms with Crippen molar-refractivity contribution >= 4 is 5.97 Å². The van der Waals surface area contributed by atoms with Gasteiger partial charge in [-0.15, -0.1) is 0 Å². The van der Waals surface area contributed by atoms with E-state index in [1.165, 1.54) is 38.5 Å². The van der Waals surface area contributed by atoms with E-state index >= 15 is 0 Å². The highest BCUT2D eigenvalue weighted by molar-refractivity contribution is 5.67. The summed E-state index contributed by atoms with van der Waals surface area (Å²) in [5.41, 5.74) is 0.197. The molecule has 0 aromatic rings. The summed E-state index contributed by atoms with van der Waals surface area (Å²) in [5.74, 6) is 1.84. The predicted octanol–water partition coefficient (Wildman–Crippen LogP) is 3.21. The van der Waals surface area contributed by atoms with Crippen LogP contribution < -0.4 is 0 Å². The number of nitriles is 1. The second-order valence-electron chi connectivity index (χ2n) is 6.94. The molecule has 4 bridgehead atoms. The maximum atomic E-state index is 11.1. The predicted molar refractivity (Wildman–Crippen MR) is 66.6 cm³/mol. The fourth-order valence-electron chi connectivity index (χ4n) is 5.50. The van der Waals surface area contributed by atoms with Crippen molar-refractivity contribution in [1.82, 2.24) is 0 Å². The number of rotatable bonds is 4. The van der Waals surface area contributed by atoms with E-state index in [0.717, 1.165) is 17.8 Å². The maximum Gasteiger partial charge on any atom is 0.303 e. The second kappa shape index (κ2) is 4.26. The third-order valence-electron chi connectivity index (χ3n) is 5.71. The summed E-state index contributed by atoms with van der Waals surface area (Å²) < 4.78 is 0. The molecule has 0 aromatic heterocycles. The van der Waals surface area contributed by atoms with Crippen molar-refractivity contribution < 1.29 is 9.90 Å². The lowest BCUT2D eigenvalue weighted by molar-refractivity contribution is -0.143. The fraction of sp³-hybridized carbons (Fsp3) is 0.867. The van der Waals surface area contributed by atoms with E-state index in [4.69, 9.17) is 10.4 Å². The van der Waals surface area contributed by atoms with Crippen molar-refractivity contribution in [3.8, 4) is 6.07 Å². The van der Waals surface area contributed by atoms with Crippen LogP contribution in [-0.2, 0) is 4.79 Å². The minimum absolute atomic E-state index is 0.0911. The van der Waals surface area contributed by atoms with Gasteiger partial charge in [-0.2, -0.15) is 5.26 Å². The van der Waals surface area contributed by atoms with Crippen molar-refractivity contribution in [2.45, 2.75) is 51.4 Å². The monoisotopic (exact) mass is 247 g/mol. The van der Waals surface area contributed by atoms with Gasteiger partial charge in [-0.05, 0) is 67.6 Å². The van der Waals surface area contributed by atoms with E-state index in [1.807, 2.05) is 0 Å². The Morgan fingerprint density at radius 3 is 2.11 bits per heavy atom. The number of aliphatic carboxylic acids is 1. The molecule has 0 amide bonds. The van der Waals surface area contributed by atoms with Crippen LogP contribution in [0.2, 0.25) is 0 Å². The number of nitrogens with zero attached hydrogens (tertiary/aromatic N) is 1. The molecule has 1 N–H and O–H groups in total. The largest absolute Gasteiger partial charge is 0.481 e. The first-order valence-corrected chi connectivity index (χ1v) is 7.20. The van der Waals surface area contributed by atoms with Gasteiger partial charge in [0.2, 0.25) is 0 Å². The number of carboxylic acids is 1. The van der Waals surface area contributed by atoms with Crippen LogP contribution in [0.5, 0.6) is 0 Å². The Bertz CT molecular complexity index is 361. The summed E-state index contributed by atoms with van der Waals surface area (Å²) in [6.45, 7) is 0. The Kier molecular flexibility index (Phi) is 2.84. The smallest absolute Gasteiger partial charge is 0.303 e. The summed E-state index contributed by atoms with van der Waals surface area (Å²) >= 11 is 0. The summed E-state index contributed by atoms with van der Waals surface area (Å²) in [4.78, 5) is 11.1. The Morgan fingerprint density at radius 2 is 1.72 bits per heavy atom. The quantitative estimate of drug-likeness (QED) is 0.829. The molecule has 4 aliphatic carbocycles. The zero-order valence-electron chi connectivity index (χ0n) is 10.8. The number of carboxylic acid groups (broad SMARTS) is 1. The molecular formula is C15H21NO2. The van der Waals surface area contributed by atoms with Gasteiger partial charge in [-0.1, -0.05) is 0 Å². The molecule has 0 saturated heterocycles. The van der Waals surface area contributed by atoms with Gasteiger partial charge in [0.25, 0.3) is 0 Å². The van der Waals surface area contributed by atoms with Crippen molar-refractivity contribution in [1.29, 1.82) is 5.26 Å². The highest BCUT2D eigenvalue weighted by Gasteiger charge is 2.54. The summed E-state index contributed by atoms with van der Waals surface area (Å²) in [5, 5.41) is 18.1. The average Bonchev–Trinajstić information content (AvgIpc) is 2.26. The van der Waals surface area contributed by atoms with Gasteiger partial charge in [-0.25, -0.2) is 0 Å². The van der Waals surface area contributed by atoms with Gasteiger partial charge in [0.15, 0.2) is 0 Å². The molecule has 4 rings (SSSR count). The minimum atomic E-state index is -0.731. The van der Waals surface area contributed by atoms with Crippen LogP contribution in [0.15, 0.2) is 0 Å². The molecule has 18 heavy (non-hydrogen) atoms. The third kappa shape index (κ3) is 1.92. The van der Waals surface area contributed by atoms with Crippen molar-refractivity contribution in [2.75, 3.05) is 0 Å². The zero-order chi connectivity index (χ0) is 12.8. The van der Waals surface area contributed by atoms with Crippen LogP contribution in [0.25, 0.3) is 0 Å². The van der Waals surface area contributed by atoms with Gasteiger partial charge >= 0.3 is 5.97 Å². The average molecular weight is 247 g/mol. The van der Waals surface area contributed by atoms with E-state index in [2.05, 4.69) is 6.07 Å². The molecule has 4 saturated carbocycles. The lowest BCUT2D eigenvalue weighted by Gasteiger charge is -2.59. The normalized spacial score (nSPS) is 42.5. The molecule has 98 valence electrons. The van der Waals surface area contributed by atoms with Gasteiger partial charge < -0.3 is 5.11 Å². The Morgan fingerprint density at radius 1 is 1.22 bits per heavy atom. The van der Waals surface area contributed by atoms with Crippen molar-refractivity contribution in [3.05, 3.63) is 0 Å². The summed E-state index contributed by atoms with van der Waals surface area (Å²) in [7, 11) is 0. The summed E-state index contributed by atoms with van der Waals surface area (Å²) in [6.07, 6.45) is 8.30. The first-order chi connectivity index (χ1) is 8.61. The van der Waals surface area contributed by atoms with E-state index in [9.17, 15) is 4.79 Å². The molecule has 1 atom stereocenters. The molecule has 0 aliphatic heterocycles. The highest BCUT2D eigenvalue weighted by atomic mass is 16.4. The van der Waals surface area contributed by atoms with Crippen molar-refractivity contribution in [3.63, 3.8) is 0 Å². The minimum Gasteiger partial charge on any atom is -0.481 e. The number of carbonyl (C=O) groups is 1. The Labute approximate surface area is 108 Å². The van der Waals surface area contributed by atoms with Crippen LogP contribution in [0.3, 0.4) is 0 Å². The van der Waals surface area contributed by atoms with Crippen LogP contribution in [0.1, 0.15) is 51.4 Å². The van der Waals surface area contributed by atoms with Crippen LogP contribution in [0.4, 0.5) is 0 Å². The standard InChI is InChI=1S/C15H21NO2/c16-2-1-13(6-14(17)18)15-7-10-3-11(8-15)5-12(4-10)9-15/h10-13H,1,3-9H2,(H,17,18). The first-order valence-electron chi connectivity index (χ1n) is 7.20. The zero-order valence-corrected chi connectivity index (χ0v) is 10.8. The second-order valence-corrected chi connectivity index (χ2v) is 6.94. The molecule has 4 fully saturated rings. The van der Waals surface area contributed by atoms with Crippen LogP contribution in [0, 0.1) is 40.4 Å². The third-order valence-corrected chi connectivity index (χ3v) is 5.71. The van der Waals surface area contributed by atoms with Crippen LogP contribution in [-0.4, -0.2) is 11.1 Å². The summed E-state index contributed by atoms with van der Waals surface area (Å²) in [6, 6.07) is 2.23. The van der Waals surface area contributed by atoms with E-state index in [1.54, 1.807) is 0 Å². The number of hydrogen-bond donors (Lipinski definition) is 1. The molecule has 3 nitrogen and oxygen atoms in total. The van der Waals surface area contributed by atoms with Crippen molar-refractivity contribution in [2.24, 2.45) is 29.1 Å². The molecular weight excluding hydrogens is 226 g/mol. The maximum absolute atomic E-state index is 11.1. The van der Waals surface area contributed by atoms with Gasteiger partial charge in [0.05, 0.1) is 6.07 Å². The SMILES string of the molecule is N#CCC(CC(=O)O)C12CC3CC(CC(C3)C1)C2. The van der Waals surface area contributed by atoms with E-state index in [0.29, 0.717) is 6.42 Å². The molecule has 1 unspecified atom stereocenters. The van der Waals surface area contributed by atoms with E-state index in [-0.39, 0.29) is 17.8 Å². The highest BCUT2D eigenvalue weighted by Crippen LogP contribution is 2.63. The van der Waals surface area contributed by atoms with Gasteiger partial charge in [0, 0.05) is 12.8 Å². The van der Waals surface area contributed by atoms with E-state index < -0.39 is 5.97 Å². The topological polar surface area (TPSA) is 61.1 Å². The number of hydrogen-bond acceptors (Lipinski definition) is 2. The Hall–Kier alpha value is -1.04. The van der Waals surface area contributed by atoms with Gasteiger partial charge in [0.1, 0.15) is 0 Å². The molecule has 0 aromatic carbocycles. The lowest BCUT2D eigenvalue weighted by Crippen LogP contribution is -2.49. The molecule has 0 radical (unpaired) electrons. The fourth-order valence-corrected chi connectivity index (χ4v) is 5.50. The lowest BCUT2D eigenvalue weighted by atomic mass is 9.46. The first kappa shape index (κ1) is 12.0. The molecule has 0 heterocycles. The molecule has 4 aliphatic rings. The Balaban J connectivity index is 1.84. The molecule has 0 spiro atoms. The molecule has 3 heteroatoms.